The van der Waals surface area contributed by atoms with Crippen LogP contribution in [0.25, 0.3) is 5.69 Å². The molecule has 0 spiro atoms. The van der Waals surface area contributed by atoms with Crippen LogP contribution < -0.4 is 22.5 Å². The van der Waals surface area contributed by atoms with Crippen molar-refractivity contribution in [2.75, 3.05) is 44.6 Å². The molecule has 2 unspecified atom stereocenters. The van der Waals surface area contributed by atoms with E-state index in [2.05, 4.69) is 22.1 Å². The molecular formula is C27H41ClN8O3. The number of piperidine rings is 1. The first kappa shape index (κ1) is 30.6. The smallest absolute Gasteiger partial charge is 0.338 e. The molecule has 11 nitrogen and oxygen atoms in total. The van der Waals surface area contributed by atoms with Gasteiger partial charge in [0, 0.05) is 51.5 Å². The molecule has 1 aromatic heterocycles. The highest BCUT2D eigenvalue weighted by Gasteiger charge is 2.31. The van der Waals surface area contributed by atoms with E-state index in [9.17, 15) is 14.4 Å². The van der Waals surface area contributed by atoms with Crippen LogP contribution >= 0.6 is 12.4 Å². The van der Waals surface area contributed by atoms with Crippen LogP contribution in [0.1, 0.15) is 39.2 Å². The summed E-state index contributed by atoms with van der Waals surface area (Å²) in [6, 6.07) is 9.33. The predicted octanol–water partition coefficient (Wildman–Crippen LogP) is 1.63. The fourth-order valence-corrected chi connectivity index (χ4v) is 5.06. The maximum absolute atomic E-state index is 12.7. The van der Waals surface area contributed by atoms with Crippen LogP contribution in [-0.4, -0.2) is 87.0 Å². The van der Waals surface area contributed by atoms with Crippen LogP contribution in [0.4, 0.5) is 10.6 Å². The number of carbonyl (C=O) groups excluding carboxylic acids is 2. The van der Waals surface area contributed by atoms with Crippen molar-refractivity contribution < 1.29 is 9.59 Å². The van der Waals surface area contributed by atoms with Gasteiger partial charge in [-0.05, 0) is 69.8 Å². The third kappa shape index (κ3) is 7.78. The molecule has 39 heavy (non-hydrogen) atoms. The molecular weight excluding hydrogens is 520 g/mol. The van der Waals surface area contributed by atoms with Crippen molar-refractivity contribution in [1.82, 2.24) is 24.3 Å². The minimum atomic E-state index is -0.946. The fraction of sp³-hybridized carbons (Fsp3) is 0.556. The van der Waals surface area contributed by atoms with Crippen LogP contribution in [0, 0.1) is 5.92 Å². The summed E-state index contributed by atoms with van der Waals surface area (Å²) in [5.41, 5.74) is 12.5. The van der Waals surface area contributed by atoms with Gasteiger partial charge in [0.25, 0.3) is 0 Å². The molecule has 214 valence electrons. The lowest BCUT2D eigenvalue weighted by molar-refractivity contribution is -0.137. The Morgan fingerprint density at radius 1 is 1.08 bits per heavy atom. The Morgan fingerprint density at radius 2 is 1.72 bits per heavy atom. The van der Waals surface area contributed by atoms with Crippen LogP contribution in [0.3, 0.4) is 0 Å². The molecule has 0 bridgehead atoms. The number of likely N-dealkylation sites (tertiary alicyclic amines) is 1. The summed E-state index contributed by atoms with van der Waals surface area (Å²) in [5.74, 6) is 0.574. The van der Waals surface area contributed by atoms with Gasteiger partial charge in [-0.3, -0.25) is 19.6 Å². The van der Waals surface area contributed by atoms with E-state index in [1.165, 1.54) is 16.6 Å². The van der Waals surface area contributed by atoms with Crippen LogP contribution in [0.5, 0.6) is 0 Å². The van der Waals surface area contributed by atoms with Gasteiger partial charge in [0.1, 0.15) is 5.82 Å². The number of urea groups is 1. The number of amides is 3. The standard InChI is InChI=1S/C27H40N8O3.ClH/c1-19(28)21-5-4-11-32(18-21)17-20-6-8-22(9-7-20)35-12-10-23(31-26(35)38)30-25(37)34-15-13-33(14-16-34)24(36)27(2,3)29;/h6-10,12,19,21H,4-5,11,13-18,28-29H2,1-3H3,(H,30,31,37,38);1H. The van der Waals surface area contributed by atoms with Gasteiger partial charge in [-0.25, -0.2) is 9.59 Å². The van der Waals surface area contributed by atoms with E-state index >= 15 is 0 Å². The molecule has 2 aromatic rings. The number of halogens is 1. The maximum Gasteiger partial charge on any atom is 0.354 e. The number of hydrogen-bond acceptors (Lipinski definition) is 7. The lowest BCUT2D eigenvalue weighted by Crippen LogP contribution is -2.58. The third-order valence-corrected chi connectivity index (χ3v) is 7.35. The van der Waals surface area contributed by atoms with E-state index in [-0.39, 0.29) is 36.2 Å². The normalized spacial score (nSPS) is 19.3. The first-order valence-electron chi connectivity index (χ1n) is 13.3. The summed E-state index contributed by atoms with van der Waals surface area (Å²) in [4.78, 5) is 47.5. The summed E-state index contributed by atoms with van der Waals surface area (Å²) in [6.45, 7) is 9.92. The molecule has 2 atom stereocenters. The number of carbonyl (C=O) groups is 2. The lowest BCUT2D eigenvalue weighted by atomic mass is 9.92. The Bertz CT molecular complexity index is 1190. The molecule has 2 saturated heterocycles. The van der Waals surface area contributed by atoms with Crippen molar-refractivity contribution in [1.29, 1.82) is 0 Å². The average Bonchev–Trinajstić information content (AvgIpc) is 2.88. The van der Waals surface area contributed by atoms with Gasteiger partial charge in [-0.2, -0.15) is 4.98 Å². The van der Waals surface area contributed by atoms with Gasteiger partial charge in [0.15, 0.2) is 0 Å². The van der Waals surface area contributed by atoms with Crippen molar-refractivity contribution >= 4 is 30.2 Å². The van der Waals surface area contributed by atoms with E-state index in [1.54, 1.807) is 35.9 Å². The van der Waals surface area contributed by atoms with Gasteiger partial charge in [-0.15, -0.1) is 12.4 Å². The van der Waals surface area contributed by atoms with Crippen molar-refractivity contribution in [2.45, 2.75) is 51.7 Å². The molecule has 0 saturated carbocycles. The van der Waals surface area contributed by atoms with Crippen LogP contribution in [-0.2, 0) is 11.3 Å². The quantitative estimate of drug-likeness (QED) is 0.487. The van der Waals surface area contributed by atoms with E-state index in [4.69, 9.17) is 11.5 Å². The molecule has 3 amide bonds. The SMILES string of the molecule is CC(N)C1CCCN(Cc2ccc(-n3ccc(NC(=O)N4CCN(C(=O)C(C)(C)N)CC4)nc3=O)cc2)C1.Cl. The second-order valence-corrected chi connectivity index (χ2v) is 11.1. The van der Waals surface area contributed by atoms with Crippen molar-refractivity contribution in [2.24, 2.45) is 17.4 Å². The first-order chi connectivity index (χ1) is 18.0. The number of hydrogen-bond donors (Lipinski definition) is 3. The Labute approximate surface area is 235 Å². The zero-order valence-corrected chi connectivity index (χ0v) is 23.8. The second-order valence-electron chi connectivity index (χ2n) is 11.1. The summed E-state index contributed by atoms with van der Waals surface area (Å²) in [7, 11) is 0. The lowest BCUT2D eigenvalue weighted by Gasteiger charge is -2.37. The molecule has 5 N–H and O–H groups in total. The number of benzene rings is 1. The van der Waals surface area contributed by atoms with E-state index < -0.39 is 11.2 Å². The Kier molecular flexibility index (Phi) is 10.1. The molecule has 4 rings (SSSR count). The van der Waals surface area contributed by atoms with Crippen LogP contribution in [0.15, 0.2) is 41.3 Å². The zero-order chi connectivity index (χ0) is 27.4. The number of aromatic nitrogens is 2. The largest absolute Gasteiger partial charge is 0.354 e. The number of nitrogens with one attached hydrogen (secondary N) is 1. The average molecular weight is 561 g/mol. The van der Waals surface area contributed by atoms with Crippen molar-refractivity contribution in [3.8, 4) is 5.69 Å². The molecule has 3 heterocycles. The van der Waals surface area contributed by atoms with Gasteiger partial charge >= 0.3 is 11.7 Å². The second kappa shape index (κ2) is 12.9. The van der Waals surface area contributed by atoms with Gasteiger partial charge in [-0.1, -0.05) is 12.1 Å². The van der Waals surface area contributed by atoms with Crippen molar-refractivity contribution in [3.05, 3.63) is 52.6 Å². The first-order valence-corrected chi connectivity index (χ1v) is 13.3. The van der Waals surface area contributed by atoms with E-state index in [0.717, 1.165) is 26.1 Å². The monoisotopic (exact) mass is 560 g/mol. The summed E-state index contributed by atoms with van der Waals surface area (Å²) in [5, 5.41) is 2.69. The number of nitrogens with two attached hydrogens (primary N) is 2. The van der Waals surface area contributed by atoms with Crippen molar-refractivity contribution in [3.63, 3.8) is 0 Å². The van der Waals surface area contributed by atoms with Crippen LogP contribution in [0.2, 0.25) is 0 Å². The van der Waals surface area contributed by atoms with Gasteiger partial charge in [0.05, 0.1) is 11.2 Å². The Hall–Kier alpha value is -2.99. The summed E-state index contributed by atoms with van der Waals surface area (Å²) < 4.78 is 1.45. The highest BCUT2D eigenvalue weighted by Crippen LogP contribution is 2.21. The third-order valence-electron chi connectivity index (χ3n) is 7.35. The number of rotatable bonds is 6. The molecule has 2 aliphatic heterocycles. The topological polar surface area (TPSA) is 143 Å². The van der Waals surface area contributed by atoms with Gasteiger partial charge < -0.3 is 21.3 Å². The molecule has 12 heteroatoms. The molecule has 0 radical (unpaired) electrons. The van der Waals surface area contributed by atoms with Gasteiger partial charge in [0.2, 0.25) is 5.91 Å². The molecule has 2 aliphatic rings. The van der Waals surface area contributed by atoms with E-state index in [0.29, 0.717) is 37.8 Å². The zero-order valence-electron chi connectivity index (χ0n) is 23.0. The maximum atomic E-state index is 12.7. The Balaban J connectivity index is 0.00000420. The molecule has 1 aromatic carbocycles. The highest BCUT2D eigenvalue weighted by molar-refractivity contribution is 5.89. The summed E-state index contributed by atoms with van der Waals surface area (Å²) >= 11 is 0. The molecule has 0 aliphatic carbocycles. The molecule has 2 fully saturated rings. The fourth-order valence-electron chi connectivity index (χ4n) is 5.06. The summed E-state index contributed by atoms with van der Waals surface area (Å²) in [6.07, 6.45) is 3.96. The predicted molar refractivity (Wildman–Crippen MR) is 154 cm³/mol. The number of piperazine rings is 1. The minimum Gasteiger partial charge on any atom is -0.338 e. The minimum absolute atomic E-state index is 0. The van der Waals surface area contributed by atoms with E-state index in [1.807, 2.05) is 24.3 Å². The highest BCUT2D eigenvalue weighted by atomic mass is 35.5. The number of anilines is 1. The Morgan fingerprint density at radius 3 is 2.31 bits per heavy atom. The number of nitrogens with zero attached hydrogens (tertiary/aromatic N) is 5.